The quantitative estimate of drug-likeness (QED) is 0.680. The predicted octanol–water partition coefficient (Wildman–Crippen LogP) is 0.245. The minimum Gasteiger partial charge on any atom is -0.391 e. The Kier molecular flexibility index (Phi) is 3.61. The average Bonchev–Trinajstić information content (AvgIpc) is 2.23. The zero-order valence-corrected chi connectivity index (χ0v) is 9.56. The smallest absolute Gasteiger partial charge is 0.0739 e. The lowest BCUT2D eigenvalue weighted by Gasteiger charge is -2.44. The van der Waals surface area contributed by atoms with Crippen molar-refractivity contribution in [3.63, 3.8) is 0 Å². The Bertz CT molecular complexity index is 212. The Labute approximate surface area is 91.2 Å². The fraction of sp³-hybridized carbons (Fsp3) is 1.00. The van der Waals surface area contributed by atoms with Crippen LogP contribution in [0.25, 0.3) is 0 Å². The van der Waals surface area contributed by atoms with Gasteiger partial charge in [-0.05, 0) is 20.3 Å². The Balaban J connectivity index is 1.99. The van der Waals surface area contributed by atoms with Crippen LogP contribution in [0.15, 0.2) is 0 Å². The van der Waals surface area contributed by atoms with Crippen LogP contribution in [0, 0.1) is 0 Å². The van der Waals surface area contributed by atoms with Crippen LogP contribution in [0.5, 0.6) is 0 Å². The van der Waals surface area contributed by atoms with Gasteiger partial charge in [0.05, 0.1) is 31.5 Å². The molecule has 2 heterocycles. The molecule has 0 aromatic carbocycles. The Morgan fingerprint density at radius 3 is 2.80 bits per heavy atom. The molecule has 0 bridgehead atoms. The van der Waals surface area contributed by atoms with E-state index in [-0.39, 0.29) is 18.2 Å². The second-order valence-electron chi connectivity index (χ2n) is 4.69. The van der Waals surface area contributed by atoms with Crippen LogP contribution in [0.1, 0.15) is 20.3 Å². The zero-order chi connectivity index (χ0) is 10.8. The second kappa shape index (κ2) is 4.78. The molecule has 0 amide bonds. The lowest BCUT2D eigenvalue weighted by molar-refractivity contribution is -0.123. The van der Waals surface area contributed by atoms with E-state index in [1.54, 1.807) is 0 Å². The molecule has 15 heavy (non-hydrogen) atoms. The molecule has 4 atom stereocenters. The molecule has 0 aromatic rings. The maximum Gasteiger partial charge on any atom is 0.0739 e. The van der Waals surface area contributed by atoms with Crippen LogP contribution in [-0.2, 0) is 9.47 Å². The van der Waals surface area contributed by atoms with E-state index in [0.717, 1.165) is 19.6 Å². The Morgan fingerprint density at radius 1 is 1.27 bits per heavy atom. The fourth-order valence-corrected chi connectivity index (χ4v) is 2.42. The number of nitrogens with zero attached hydrogens (tertiary/aromatic N) is 1. The third-order valence-corrected chi connectivity index (χ3v) is 3.37. The van der Waals surface area contributed by atoms with Crippen LogP contribution >= 0.6 is 0 Å². The van der Waals surface area contributed by atoms with Gasteiger partial charge in [0.1, 0.15) is 0 Å². The summed E-state index contributed by atoms with van der Waals surface area (Å²) < 4.78 is 11.0. The average molecular weight is 215 g/mol. The molecular formula is C11H21NO3. The normalized spacial score (nSPS) is 44.2. The predicted molar refractivity (Wildman–Crippen MR) is 56.8 cm³/mol. The first-order chi connectivity index (χ1) is 7.18. The van der Waals surface area contributed by atoms with Crippen molar-refractivity contribution in [3.05, 3.63) is 0 Å². The molecule has 88 valence electrons. The van der Waals surface area contributed by atoms with Gasteiger partial charge in [0, 0.05) is 19.2 Å². The summed E-state index contributed by atoms with van der Waals surface area (Å²) >= 11 is 0. The summed E-state index contributed by atoms with van der Waals surface area (Å²) in [5, 5.41) is 9.96. The van der Waals surface area contributed by atoms with E-state index in [4.69, 9.17) is 9.47 Å². The van der Waals surface area contributed by atoms with Gasteiger partial charge in [-0.15, -0.1) is 0 Å². The molecule has 0 saturated carbocycles. The summed E-state index contributed by atoms with van der Waals surface area (Å²) in [5.74, 6) is 0. The molecule has 2 rings (SSSR count). The third kappa shape index (κ3) is 2.50. The van der Waals surface area contributed by atoms with Gasteiger partial charge in [-0.1, -0.05) is 0 Å². The number of ether oxygens (including phenoxy) is 2. The molecule has 0 radical (unpaired) electrons. The Morgan fingerprint density at radius 2 is 2.07 bits per heavy atom. The minimum absolute atomic E-state index is 0.153. The lowest BCUT2D eigenvalue weighted by atomic mass is 10.0. The number of aliphatic hydroxyl groups is 1. The highest BCUT2D eigenvalue weighted by Gasteiger charge is 2.35. The highest BCUT2D eigenvalue weighted by Crippen LogP contribution is 2.21. The number of aliphatic hydroxyl groups excluding tert-OH is 1. The van der Waals surface area contributed by atoms with Crippen molar-refractivity contribution in [2.75, 3.05) is 26.4 Å². The van der Waals surface area contributed by atoms with Gasteiger partial charge in [-0.2, -0.15) is 0 Å². The van der Waals surface area contributed by atoms with E-state index >= 15 is 0 Å². The maximum atomic E-state index is 9.96. The van der Waals surface area contributed by atoms with Gasteiger partial charge >= 0.3 is 0 Å². The third-order valence-electron chi connectivity index (χ3n) is 3.37. The molecule has 0 aliphatic carbocycles. The van der Waals surface area contributed by atoms with E-state index in [9.17, 15) is 5.11 Å². The van der Waals surface area contributed by atoms with Gasteiger partial charge in [0.15, 0.2) is 0 Å². The van der Waals surface area contributed by atoms with Gasteiger partial charge in [-0.25, -0.2) is 0 Å². The summed E-state index contributed by atoms with van der Waals surface area (Å²) in [6.45, 7) is 7.21. The minimum atomic E-state index is -0.244. The highest BCUT2D eigenvalue weighted by molar-refractivity contribution is 4.87. The van der Waals surface area contributed by atoms with Crippen molar-refractivity contribution in [1.82, 2.24) is 4.90 Å². The van der Waals surface area contributed by atoms with Crippen molar-refractivity contribution < 1.29 is 14.6 Å². The summed E-state index contributed by atoms with van der Waals surface area (Å²) in [6, 6.07) is 0.530. The molecule has 0 aromatic heterocycles. The van der Waals surface area contributed by atoms with Crippen LogP contribution < -0.4 is 0 Å². The summed E-state index contributed by atoms with van der Waals surface area (Å²) in [7, 11) is 0. The molecule has 4 heteroatoms. The molecule has 2 fully saturated rings. The van der Waals surface area contributed by atoms with E-state index in [2.05, 4.69) is 18.7 Å². The Hall–Kier alpha value is -0.160. The summed E-state index contributed by atoms with van der Waals surface area (Å²) in [6.07, 6.45) is 0.769. The molecule has 4 nitrogen and oxygen atoms in total. The molecule has 2 aliphatic rings. The second-order valence-corrected chi connectivity index (χ2v) is 4.69. The number of hydrogen-bond acceptors (Lipinski definition) is 4. The summed E-state index contributed by atoms with van der Waals surface area (Å²) in [5.41, 5.74) is 0. The van der Waals surface area contributed by atoms with Gasteiger partial charge in [-0.3, -0.25) is 4.90 Å². The highest BCUT2D eigenvalue weighted by atomic mass is 16.5. The molecular weight excluding hydrogens is 194 g/mol. The van der Waals surface area contributed by atoms with E-state index < -0.39 is 0 Å². The van der Waals surface area contributed by atoms with Crippen molar-refractivity contribution >= 4 is 0 Å². The maximum absolute atomic E-state index is 9.96. The van der Waals surface area contributed by atoms with E-state index in [1.807, 2.05) is 0 Å². The first-order valence-electron chi connectivity index (χ1n) is 5.81. The molecule has 2 saturated heterocycles. The van der Waals surface area contributed by atoms with Crippen LogP contribution in [0.3, 0.4) is 0 Å². The van der Waals surface area contributed by atoms with Crippen LogP contribution in [0.2, 0.25) is 0 Å². The van der Waals surface area contributed by atoms with Crippen LogP contribution in [-0.4, -0.2) is 60.7 Å². The number of hydrogen-bond donors (Lipinski definition) is 1. The standard InChI is InChI=1S/C11H21NO3/c1-8-6-15-9(2)5-12(8)10-7-14-4-3-11(10)13/h8-11,13H,3-7H2,1-2H3. The SMILES string of the molecule is CC1CN(C2COCCC2O)C(C)CO1. The van der Waals surface area contributed by atoms with Gasteiger partial charge in [0.2, 0.25) is 0 Å². The van der Waals surface area contributed by atoms with Crippen molar-refractivity contribution in [2.45, 2.75) is 44.6 Å². The first-order valence-corrected chi connectivity index (χ1v) is 5.81. The van der Waals surface area contributed by atoms with Crippen molar-refractivity contribution in [1.29, 1.82) is 0 Å². The number of morpholine rings is 1. The summed E-state index contributed by atoms with van der Waals surface area (Å²) in [4.78, 5) is 2.33. The van der Waals surface area contributed by atoms with Crippen molar-refractivity contribution in [2.24, 2.45) is 0 Å². The topological polar surface area (TPSA) is 41.9 Å². The van der Waals surface area contributed by atoms with E-state index in [0.29, 0.717) is 19.3 Å². The molecule has 2 aliphatic heterocycles. The molecule has 0 spiro atoms. The van der Waals surface area contributed by atoms with E-state index in [1.165, 1.54) is 0 Å². The van der Waals surface area contributed by atoms with Crippen LogP contribution in [0.4, 0.5) is 0 Å². The fourth-order valence-electron chi connectivity index (χ4n) is 2.42. The lowest BCUT2D eigenvalue weighted by Crippen LogP contribution is -2.58. The molecule has 4 unspecified atom stereocenters. The first kappa shape index (κ1) is 11.3. The van der Waals surface area contributed by atoms with Gasteiger partial charge in [0.25, 0.3) is 0 Å². The monoisotopic (exact) mass is 215 g/mol. The molecule has 1 N–H and O–H groups in total. The van der Waals surface area contributed by atoms with Crippen molar-refractivity contribution in [3.8, 4) is 0 Å². The number of rotatable bonds is 1. The largest absolute Gasteiger partial charge is 0.391 e. The van der Waals surface area contributed by atoms with Gasteiger partial charge < -0.3 is 14.6 Å². The zero-order valence-electron chi connectivity index (χ0n) is 9.56.